The minimum atomic E-state index is -0.512. The molecule has 3 N–H and O–H groups in total. The molecule has 0 aliphatic rings. The average Bonchev–Trinajstić information content (AvgIpc) is 2.17. The lowest BCUT2D eigenvalue weighted by molar-refractivity contribution is 0.245. The van der Waals surface area contributed by atoms with Crippen LogP contribution in [0.3, 0.4) is 0 Å². The Morgan fingerprint density at radius 3 is 2.60 bits per heavy atom. The number of aryl methyl sites for hydroxylation is 1. The summed E-state index contributed by atoms with van der Waals surface area (Å²) >= 11 is 0. The number of primary amides is 1. The summed E-state index contributed by atoms with van der Waals surface area (Å²) in [6, 6.07) is 7.39. The lowest BCUT2D eigenvalue weighted by Crippen LogP contribution is -2.32. The van der Waals surface area contributed by atoms with E-state index in [2.05, 4.69) is 11.9 Å². The molecule has 0 aliphatic heterocycles. The van der Waals surface area contributed by atoms with E-state index in [4.69, 9.17) is 5.73 Å². The molecule has 1 aromatic rings. The van der Waals surface area contributed by atoms with Gasteiger partial charge in [-0.2, -0.15) is 0 Å². The molecule has 3 nitrogen and oxygen atoms in total. The van der Waals surface area contributed by atoms with E-state index in [1.54, 1.807) is 6.08 Å². The van der Waals surface area contributed by atoms with Crippen LogP contribution in [0.1, 0.15) is 23.6 Å². The Hall–Kier alpha value is -1.77. The largest absolute Gasteiger partial charge is 0.352 e. The maximum atomic E-state index is 10.8. The van der Waals surface area contributed by atoms with Gasteiger partial charge < -0.3 is 11.1 Å². The molecule has 80 valence electrons. The zero-order chi connectivity index (χ0) is 11.3. The molecule has 0 spiro atoms. The molecule has 0 aliphatic carbocycles. The second-order valence-corrected chi connectivity index (χ2v) is 3.50. The Morgan fingerprint density at radius 2 is 2.13 bits per heavy atom. The molecule has 15 heavy (non-hydrogen) atoms. The summed E-state index contributed by atoms with van der Waals surface area (Å²) in [6.45, 7) is 5.68. The quantitative estimate of drug-likeness (QED) is 0.726. The second-order valence-electron chi connectivity index (χ2n) is 3.50. The topological polar surface area (TPSA) is 55.1 Å². The fraction of sp³-hybridized carbons (Fsp3) is 0.250. The summed E-state index contributed by atoms with van der Waals surface area (Å²) in [5, 5.41) is 2.68. The zero-order valence-corrected chi connectivity index (χ0v) is 8.86. The van der Waals surface area contributed by atoms with Gasteiger partial charge in [-0.3, -0.25) is 0 Å². The first kappa shape index (κ1) is 11.3. The molecule has 1 rings (SSSR count). The number of nitrogens with two attached hydrogens (primary N) is 1. The summed E-state index contributed by atoms with van der Waals surface area (Å²) in [5.74, 6) is 0. The summed E-state index contributed by atoms with van der Waals surface area (Å²) in [5.41, 5.74) is 7.34. The van der Waals surface area contributed by atoms with Gasteiger partial charge in [0.1, 0.15) is 0 Å². The van der Waals surface area contributed by atoms with Crippen molar-refractivity contribution in [2.45, 2.75) is 19.4 Å². The van der Waals surface area contributed by atoms with Crippen LogP contribution in [-0.2, 0) is 0 Å². The SMILES string of the molecule is C=CC[C@@H](NC(N)=O)c1ccc(C)cc1. The monoisotopic (exact) mass is 204 g/mol. The van der Waals surface area contributed by atoms with Crippen molar-refractivity contribution in [3.8, 4) is 0 Å². The number of carbonyl (C=O) groups is 1. The molecule has 1 atom stereocenters. The van der Waals surface area contributed by atoms with Crippen molar-refractivity contribution in [2.24, 2.45) is 5.73 Å². The first-order valence-corrected chi connectivity index (χ1v) is 4.87. The van der Waals surface area contributed by atoms with Crippen molar-refractivity contribution in [3.63, 3.8) is 0 Å². The van der Waals surface area contributed by atoms with Gasteiger partial charge in [0.2, 0.25) is 0 Å². The molecule has 0 unspecified atom stereocenters. The molecule has 3 heteroatoms. The summed E-state index contributed by atoms with van der Waals surface area (Å²) in [7, 11) is 0. The second kappa shape index (κ2) is 5.20. The van der Waals surface area contributed by atoms with Crippen LogP contribution >= 0.6 is 0 Å². The Balaban J connectivity index is 2.83. The number of rotatable bonds is 4. The van der Waals surface area contributed by atoms with Crippen molar-refractivity contribution >= 4 is 6.03 Å². The van der Waals surface area contributed by atoms with Gasteiger partial charge in [0.15, 0.2) is 0 Å². The third-order valence-electron chi connectivity index (χ3n) is 2.20. The molecule has 2 amide bonds. The van der Waals surface area contributed by atoms with Crippen molar-refractivity contribution in [2.75, 3.05) is 0 Å². The fourth-order valence-corrected chi connectivity index (χ4v) is 1.42. The van der Waals surface area contributed by atoms with Crippen molar-refractivity contribution in [1.29, 1.82) is 0 Å². The highest BCUT2D eigenvalue weighted by molar-refractivity contribution is 5.72. The fourth-order valence-electron chi connectivity index (χ4n) is 1.42. The minimum Gasteiger partial charge on any atom is -0.352 e. The maximum Gasteiger partial charge on any atom is 0.312 e. The van der Waals surface area contributed by atoms with Gasteiger partial charge in [-0.25, -0.2) is 4.79 Å². The number of nitrogens with one attached hydrogen (secondary N) is 1. The van der Waals surface area contributed by atoms with E-state index in [9.17, 15) is 4.79 Å². The molecule has 0 radical (unpaired) electrons. The van der Waals surface area contributed by atoms with Crippen LogP contribution < -0.4 is 11.1 Å². The van der Waals surface area contributed by atoms with Crippen LogP contribution in [0.25, 0.3) is 0 Å². The normalized spacial score (nSPS) is 11.8. The Kier molecular flexibility index (Phi) is 3.92. The molecule has 0 saturated carbocycles. The Bertz CT molecular complexity index is 343. The Labute approximate surface area is 90.0 Å². The highest BCUT2D eigenvalue weighted by Crippen LogP contribution is 2.17. The molecule has 0 saturated heterocycles. The molecule has 0 aromatic heterocycles. The highest BCUT2D eigenvalue weighted by atomic mass is 16.2. The molecular weight excluding hydrogens is 188 g/mol. The van der Waals surface area contributed by atoms with Gasteiger partial charge in [0.05, 0.1) is 6.04 Å². The van der Waals surface area contributed by atoms with E-state index in [1.165, 1.54) is 5.56 Å². The van der Waals surface area contributed by atoms with Crippen LogP contribution in [0.2, 0.25) is 0 Å². The van der Waals surface area contributed by atoms with E-state index in [0.717, 1.165) is 5.56 Å². The molecular formula is C12H16N2O. The van der Waals surface area contributed by atoms with Gasteiger partial charge in [0, 0.05) is 0 Å². The van der Waals surface area contributed by atoms with E-state index < -0.39 is 6.03 Å². The average molecular weight is 204 g/mol. The number of carbonyl (C=O) groups excluding carboxylic acids is 1. The maximum absolute atomic E-state index is 10.8. The van der Waals surface area contributed by atoms with E-state index in [0.29, 0.717) is 6.42 Å². The van der Waals surface area contributed by atoms with Crippen LogP contribution in [-0.4, -0.2) is 6.03 Å². The Morgan fingerprint density at radius 1 is 1.53 bits per heavy atom. The van der Waals surface area contributed by atoms with Crippen molar-refractivity contribution < 1.29 is 4.79 Å². The smallest absolute Gasteiger partial charge is 0.312 e. The third kappa shape index (κ3) is 3.46. The molecule has 0 fully saturated rings. The summed E-state index contributed by atoms with van der Waals surface area (Å²) in [4.78, 5) is 10.8. The lowest BCUT2D eigenvalue weighted by Gasteiger charge is -2.16. The minimum absolute atomic E-state index is 0.0828. The first-order chi connectivity index (χ1) is 7.13. The van der Waals surface area contributed by atoms with E-state index in [1.807, 2.05) is 31.2 Å². The predicted molar refractivity (Wildman–Crippen MR) is 61.5 cm³/mol. The molecule has 0 bridgehead atoms. The van der Waals surface area contributed by atoms with Crippen LogP contribution in [0, 0.1) is 6.92 Å². The summed E-state index contributed by atoms with van der Waals surface area (Å²) < 4.78 is 0. The number of benzene rings is 1. The van der Waals surface area contributed by atoms with Crippen LogP contribution in [0.4, 0.5) is 4.79 Å². The van der Waals surface area contributed by atoms with Gasteiger partial charge in [-0.1, -0.05) is 35.9 Å². The molecule has 1 aromatic carbocycles. The van der Waals surface area contributed by atoms with Crippen molar-refractivity contribution in [1.82, 2.24) is 5.32 Å². The van der Waals surface area contributed by atoms with Gasteiger partial charge in [-0.05, 0) is 18.9 Å². The van der Waals surface area contributed by atoms with Gasteiger partial charge in [-0.15, -0.1) is 6.58 Å². The number of hydrogen-bond donors (Lipinski definition) is 2. The van der Waals surface area contributed by atoms with E-state index in [-0.39, 0.29) is 6.04 Å². The number of urea groups is 1. The number of hydrogen-bond acceptors (Lipinski definition) is 1. The zero-order valence-electron chi connectivity index (χ0n) is 8.86. The van der Waals surface area contributed by atoms with Crippen LogP contribution in [0.15, 0.2) is 36.9 Å². The third-order valence-corrected chi connectivity index (χ3v) is 2.20. The summed E-state index contributed by atoms with van der Waals surface area (Å²) in [6.07, 6.45) is 2.44. The first-order valence-electron chi connectivity index (χ1n) is 4.87. The highest BCUT2D eigenvalue weighted by Gasteiger charge is 2.10. The van der Waals surface area contributed by atoms with Crippen LogP contribution in [0.5, 0.6) is 0 Å². The van der Waals surface area contributed by atoms with E-state index >= 15 is 0 Å². The standard InChI is InChI=1S/C12H16N2O/c1-3-4-11(14-12(13)15)10-7-5-9(2)6-8-10/h3,5-8,11H,1,4H2,2H3,(H3,13,14,15)/t11-/m1/s1. The van der Waals surface area contributed by atoms with Crippen molar-refractivity contribution in [3.05, 3.63) is 48.0 Å². The van der Waals surface area contributed by atoms with Gasteiger partial charge >= 0.3 is 6.03 Å². The van der Waals surface area contributed by atoms with Gasteiger partial charge in [0.25, 0.3) is 0 Å². The lowest BCUT2D eigenvalue weighted by atomic mass is 10.0. The number of amides is 2. The predicted octanol–water partition coefficient (Wildman–Crippen LogP) is 2.28. The molecule has 0 heterocycles.